The van der Waals surface area contributed by atoms with Crippen LogP contribution in [0.3, 0.4) is 0 Å². The van der Waals surface area contributed by atoms with Crippen molar-refractivity contribution in [2.24, 2.45) is 5.92 Å². The molecule has 0 spiro atoms. The fraction of sp³-hybridized carbons (Fsp3) is 0.647. The Kier molecular flexibility index (Phi) is 5.00. The Morgan fingerprint density at radius 2 is 1.95 bits per heavy atom. The molecule has 1 unspecified atom stereocenters. The van der Waals surface area contributed by atoms with Crippen molar-refractivity contribution in [3.05, 3.63) is 35.4 Å². The Bertz CT molecular complexity index is 371. The molecule has 0 saturated carbocycles. The third-order valence-corrected chi connectivity index (χ3v) is 3.92. The second-order valence-corrected chi connectivity index (χ2v) is 6.65. The van der Waals surface area contributed by atoms with Gasteiger partial charge in [-0.05, 0) is 48.4 Å². The summed E-state index contributed by atoms with van der Waals surface area (Å²) in [5.41, 5.74) is 2.89. The minimum atomic E-state index is 0.231. The molecule has 1 atom stereocenters. The molecule has 2 rings (SSSR count). The first-order valence-corrected chi connectivity index (χ1v) is 7.43. The van der Waals surface area contributed by atoms with Crippen LogP contribution in [-0.4, -0.2) is 19.7 Å². The van der Waals surface area contributed by atoms with Crippen LogP contribution in [0, 0.1) is 5.92 Å². The van der Waals surface area contributed by atoms with Gasteiger partial charge in [0, 0.05) is 6.61 Å². The average molecular weight is 261 g/mol. The molecule has 2 heteroatoms. The van der Waals surface area contributed by atoms with Gasteiger partial charge in [0.2, 0.25) is 0 Å². The smallest absolute Gasteiger partial charge is 0.0716 e. The quantitative estimate of drug-likeness (QED) is 0.819. The van der Waals surface area contributed by atoms with Crippen LogP contribution in [0.15, 0.2) is 24.3 Å². The summed E-state index contributed by atoms with van der Waals surface area (Å²) in [6.45, 7) is 10.7. The second kappa shape index (κ2) is 6.53. The Labute approximate surface area is 117 Å². The lowest BCUT2D eigenvalue weighted by atomic mass is 9.87. The maximum absolute atomic E-state index is 5.78. The van der Waals surface area contributed by atoms with Gasteiger partial charge in [0.05, 0.1) is 6.61 Å². The summed E-state index contributed by atoms with van der Waals surface area (Å²) in [7, 11) is 0. The predicted molar refractivity (Wildman–Crippen MR) is 80.4 cm³/mol. The third kappa shape index (κ3) is 4.63. The highest BCUT2D eigenvalue weighted by Gasteiger charge is 2.14. The monoisotopic (exact) mass is 261 g/mol. The Balaban J connectivity index is 1.71. The van der Waals surface area contributed by atoms with Crippen LogP contribution in [-0.2, 0) is 16.8 Å². The first-order valence-electron chi connectivity index (χ1n) is 7.43. The molecule has 0 aliphatic carbocycles. The normalized spacial score (nSPS) is 19.8. The van der Waals surface area contributed by atoms with Gasteiger partial charge in [0.15, 0.2) is 0 Å². The van der Waals surface area contributed by atoms with Crippen LogP contribution >= 0.6 is 0 Å². The van der Waals surface area contributed by atoms with E-state index in [0.29, 0.717) is 0 Å². The third-order valence-electron chi connectivity index (χ3n) is 3.92. The number of benzene rings is 1. The molecule has 106 valence electrons. The molecule has 0 bridgehead atoms. The van der Waals surface area contributed by atoms with E-state index in [1.54, 1.807) is 0 Å². The Hall–Kier alpha value is -0.860. The molecule has 0 aromatic heterocycles. The van der Waals surface area contributed by atoms with E-state index in [2.05, 4.69) is 50.4 Å². The van der Waals surface area contributed by atoms with E-state index in [4.69, 9.17) is 4.74 Å². The summed E-state index contributed by atoms with van der Waals surface area (Å²) >= 11 is 0. The molecular formula is C17H27NO. The van der Waals surface area contributed by atoms with Crippen molar-refractivity contribution in [2.75, 3.05) is 19.7 Å². The summed E-state index contributed by atoms with van der Waals surface area (Å²) in [4.78, 5) is 0. The van der Waals surface area contributed by atoms with Gasteiger partial charge in [-0.3, -0.25) is 0 Å². The van der Waals surface area contributed by atoms with Gasteiger partial charge in [-0.2, -0.15) is 0 Å². The molecule has 1 heterocycles. The molecule has 0 amide bonds. The maximum atomic E-state index is 5.78. The van der Waals surface area contributed by atoms with Gasteiger partial charge in [-0.15, -0.1) is 0 Å². The van der Waals surface area contributed by atoms with Crippen molar-refractivity contribution in [1.82, 2.24) is 5.32 Å². The van der Waals surface area contributed by atoms with Crippen molar-refractivity contribution in [3.8, 4) is 0 Å². The number of hydrogen-bond acceptors (Lipinski definition) is 2. The molecule has 1 aliphatic rings. The molecule has 1 aromatic carbocycles. The van der Waals surface area contributed by atoms with Crippen molar-refractivity contribution in [1.29, 1.82) is 0 Å². The lowest BCUT2D eigenvalue weighted by Crippen LogP contribution is -2.11. The minimum Gasteiger partial charge on any atom is -0.377 e. The van der Waals surface area contributed by atoms with Gasteiger partial charge < -0.3 is 10.1 Å². The van der Waals surface area contributed by atoms with Crippen LogP contribution in [0.5, 0.6) is 0 Å². The van der Waals surface area contributed by atoms with Crippen LogP contribution in [0.25, 0.3) is 0 Å². The van der Waals surface area contributed by atoms with Crippen LogP contribution < -0.4 is 5.32 Å². The number of hydrogen-bond donors (Lipinski definition) is 1. The highest BCUT2D eigenvalue weighted by Crippen LogP contribution is 2.22. The summed E-state index contributed by atoms with van der Waals surface area (Å²) in [6.07, 6.45) is 2.50. The van der Waals surface area contributed by atoms with Crippen LogP contribution in [0.2, 0.25) is 0 Å². The standard InChI is InChI=1S/C17H27NO/c1-17(2,3)16-6-4-15(5-7-16)13-19-11-9-14-8-10-18-12-14/h4-7,14,18H,8-13H2,1-3H3. The highest BCUT2D eigenvalue weighted by atomic mass is 16.5. The average Bonchev–Trinajstić information content (AvgIpc) is 2.87. The first kappa shape index (κ1) is 14.5. The predicted octanol–water partition coefficient (Wildman–Crippen LogP) is 3.50. The largest absolute Gasteiger partial charge is 0.377 e. The van der Waals surface area contributed by atoms with Gasteiger partial charge in [0.25, 0.3) is 0 Å². The lowest BCUT2D eigenvalue weighted by Gasteiger charge is -2.19. The summed E-state index contributed by atoms with van der Waals surface area (Å²) < 4.78 is 5.78. The van der Waals surface area contributed by atoms with Gasteiger partial charge >= 0.3 is 0 Å². The maximum Gasteiger partial charge on any atom is 0.0716 e. The molecule has 2 nitrogen and oxygen atoms in total. The van der Waals surface area contributed by atoms with E-state index in [1.165, 1.54) is 37.1 Å². The minimum absolute atomic E-state index is 0.231. The molecule has 1 aromatic rings. The zero-order valence-electron chi connectivity index (χ0n) is 12.5. The highest BCUT2D eigenvalue weighted by molar-refractivity contribution is 5.27. The summed E-state index contributed by atoms with van der Waals surface area (Å²) in [5.74, 6) is 0.822. The van der Waals surface area contributed by atoms with Crippen molar-refractivity contribution < 1.29 is 4.74 Å². The van der Waals surface area contributed by atoms with E-state index in [0.717, 1.165) is 19.1 Å². The zero-order valence-corrected chi connectivity index (χ0v) is 12.5. The lowest BCUT2D eigenvalue weighted by molar-refractivity contribution is 0.109. The topological polar surface area (TPSA) is 21.3 Å². The van der Waals surface area contributed by atoms with Gasteiger partial charge in [-0.1, -0.05) is 45.0 Å². The summed E-state index contributed by atoms with van der Waals surface area (Å²) in [6, 6.07) is 8.83. The molecule has 1 fully saturated rings. The number of rotatable bonds is 5. The molecule has 0 radical (unpaired) electrons. The zero-order chi connectivity index (χ0) is 13.7. The van der Waals surface area contributed by atoms with Crippen molar-refractivity contribution in [2.45, 2.75) is 45.6 Å². The van der Waals surface area contributed by atoms with E-state index in [-0.39, 0.29) is 5.41 Å². The van der Waals surface area contributed by atoms with Gasteiger partial charge in [-0.25, -0.2) is 0 Å². The molecule has 1 aliphatic heterocycles. The van der Waals surface area contributed by atoms with E-state index in [1.807, 2.05) is 0 Å². The summed E-state index contributed by atoms with van der Waals surface area (Å²) in [5, 5.41) is 3.40. The van der Waals surface area contributed by atoms with E-state index >= 15 is 0 Å². The number of nitrogens with one attached hydrogen (secondary N) is 1. The fourth-order valence-corrected chi connectivity index (χ4v) is 2.50. The SMILES string of the molecule is CC(C)(C)c1ccc(COCCC2CCNC2)cc1. The second-order valence-electron chi connectivity index (χ2n) is 6.65. The van der Waals surface area contributed by atoms with Crippen LogP contribution in [0.4, 0.5) is 0 Å². The van der Waals surface area contributed by atoms with Crippen molar-refractivity contribution >= 4 is 0 Å². The first-order chi connectivity index (χ1) is 9.05. The molecule has 1 saturated heterocycles. The van der Waals surface area contributed by atoms with Crippen molar-refractivity contribution in [3.63, 3.8) is 0 Å². The molecule has 19 heavy (non-hydrogen) atoms. The Morgan fingerprint density at radius 3 is 2.53 bits per heavy atom. The van der Waals surface area contributed by atoms with E-state index < -0.39 is 0 Å². The van der Waals surface area contributed by atoms with E-state index in [9.17, 15) is 0 Å². The molecular weight excluding hydrogens is 234 g/mol. The number of ether oxygens (including phenoxy) is 1. The molecule has 1 N–H and O–H groups in total. The Morgan fingerprint density at radius 1 is 1.21 bits per heavy atom. The van der Waals surface area contributed by atoms with Gasteiger partial charge in [0.1, 0.15) is 0 Å². The van der Waals surface area contributed by atoms with Crippen LogP contribution in [0.1, 0.15) is 44.7 Å². The fourth-order valence-electron chi connectivity index (χ4n) is 2.50.